The zero-order valence-corrected chi connectivity index (χ0v) is 21.5. The Hall–Kier alpha value is -2.74. The molecule has 5 rings (SSSR count). The number of sulfonamides is 1. The van der Waals surface area contributed by atoms with Crippen LogP contribution < -0.4 is 15.4 Å². The minimum absolute atomic E-state index is 0.0102. The van der Waals surface area contributed by atoms with Crippen LogP contribution in [0.3, 0.4) is 0 Å². The molecule has 2 N–H and O–H groups in total. The second-order valence-electron chi connectivity index (χ2n) is 9.54. The minimum atomic E-state index is -4.66. The van der Waals surface area contributed by atoms with Crippen LogP contribution in [-0.4, -0.2) is 74.2 Å². The molecular weight excluding hydrogens is 523 g/mol. The van der Waals surface area contributed by atoms with Gasteiger partial charge in [0.25, 0.3) is 0 Å². The molecule has 3 aliphatic heterocycles. The summed E-state index contributed by atoms with van der Waals surface area (Å²) in [5, 5.41) is 6.31. The second kappa shape index (κ2) is 11.2. The fraction of sp³-hybridized carbons (Fsp3) is 0.520. The summed E-state index contributed by atoms with van der Waals surface area (Å²) in [7, 11) is -3.66. The van der Waals surface area contributed by atoms with E-state index in [1.54, 1.807) is 12.1 Å². The lowest BCUT2D eigenvalue weighted by molar-refractivity contribution is -0.139. The van der Waals surface area contributed by atoms with Crippen molar-refractivity contribution in [3.8, 4) is 5.88 Å². The molecule has 9 nitrogen and oxygen atoms in total. The number of halogens is 3. The molecule has 1 aromatic carbocycles. The van der Waals surface area contributed by atoms with Crippen LogP contribution in [0.4, 0.5) is 19.1 Å². The summed E-state index contributed by atoms with van der Waals surface area (Å²) in [4.78, 5) is 8.08. The summed E-state index contributed by atoms with van der Waals surface area (Å²) in [6, 6.07) is 6.78. The van der Waals surface area contributed by atoms with E-state index in [0.717, 1.165) is 25.1 Å². The maximum absolute atomic E-state index is 13.4. The molecule has 4 heterocycles. The summed E-state index contributed by atoms with van der Waals surface area (Å²) in [5.74, 6) is -0.523. The first-order chi connectivity index (χ1) is 18.2. The maximum Gasteiger partial charge on any atom is 0.423 e. The van der Waals surface area contributed by atoms with Gasteiger partial charge in [-0.2, -0.15) is 22.5 Å². The molecule has 2 saturated heterocycles. The van der Waals surface area contributed by atoms with Crippen molar-refractivity contribution < 1.29 is 31.1 Å². The summed E-state index contributed by atoms with van der Waals surface area (Å²) >= 11 is 0. The van der Waals surface area contributed by atoms with Gasteiger partial charge in [-0.1, -0.05) is 18.2 Å². The molecule has 3 aliphatic rings. The molecule has 206 valence electrons. The molecule has 0 amide bonds. The molecule has 2 aromatic rings. The lowest BCUT2D eigenvalue weighted by Gasteiger charge is -2.31. The Labute approximate surface area is 219 Å². The predicted octanol–water partition coefficient (Wildman–Crippen LogP) is 3.31. The average molecular weight is 554 g/mol. The third kappa shape index (κ3) is 6.11. The van der Waals surface area contributed by atoms with Crippen LogP contribution in [0.1, 0.15) is 36.8 Å². The second-order valence-corrected chi connectivity index (χ2v) is 11.5. The van der Waals surface area contributed by atoms with Crippen molar-refractivity contribution in [3.63, 3.8) is 0 Å². The van der Waals surface area contributed by atoms with Crippen LogP contribution in [0, 0.1) is 0 Å². The maximum atomic E-state index is 13.4. The Bertz CT molecular complexity index is 1260. The van der Waals surface area contributed by atoms with Crippen molar-refractivity contribution in [2.45, 2.75) is 48.9 Å². The third-order valence-electron chi connectivity index (χ3n) is 6.94. The highest BCUT2D eigenvalue weighted by Gasteiger charge is 2.38. The molecule has 0 saturated carbocycles. The number of aromatic nitrogens is 2. The van der Waals surface area contributed by atoms with E-state index in [2.05, 4.69) is 26.7 Å². The van der Waals surface area contributed by atoms with E-state index in [1.807, 2.05) is 12.1 Å². The number of piperidine rings is 1. The van der Waals surface area contributed by atoms with E-state index < -0.39 is 33.7 Å². The van der Waals surface area contributed by atoms with Gasteiger partial charge in [0.1, 0.15) is 11.7 Å². The first-order valence-corrected chi connectivity index (χ1v) is 14.1. The summed E-state index contributed by atoms with van der Waals surface area (Å²) < 4.78 is 78.9. The summed E-state index contributed by atoms with van der Waals surface area (Å²) in [6.45, 7) is 2.86. The molecule has 0 radical (unpaired) electrons. The van der Waals surface area contributed by atoms with Gasteiger partial charge in [0, 0.05) is 38.3 Å². The highest BCUT2D eigenvalue weighted by molar-refractivity contribution is 7.89. The van der Waals surface area contributed by atoms with Gasteiger partial charge in [-0.05, 0) is 49.1 Å². The van der Waals surface area contributed by atoms with Gasteiger partial charge >= 0.3 is 6.18 Å². The standard InChI is InChI=1S/C25H30F3N5O4S/c26-25(27,28)22-15-30-24(32-23(22)37-20-9-14-36-16-20)31-19-7-12-33(13-8-19)38(34,35)21-3-1-17(2-4-21)18-5-10-29-11-6-18/h1-5,15,19-20,29H,6-14,16H2,(H,30,31,32). The number of benzene rings is 1. The van der Waals surface area contributed by atoms with Crippen molar-refractivity contribution in [1.82, 2.24) is 19.6 Å². The fourth-order valence-electron chi connectivity index (χ4n) is 4.78. The zero-order valence-electron chi connectivity index (χ0n) is 20.7. The largest absolute Gasteiger partial charge is 0.471 e. The van der Waals surface area contributed by atoms with Crippen LogP contribution in [-0.2, 0) is 20.9 Å². The molecular formula is C25H30F3N5O4S. The van der Waals surface area contributed by atoms with Crippen molar-refractivity contribution in [1.29, 1.82) is 0 Å². The number of alkyl halides is 3. The molecule has 0 spiro atoms. The third-order valence-corrected chi connectivity index (χ3v) is 8.85. The van der Waals surface area contributed by atoms with Crippen LogP contribution in [0.15, 0.2) is 41.4 Å². The monoisotopic (exact) mass is 553 g/mol. The van der Waals surface area contributed by atoms with Crippen molar-refractivity contribution in [2.75, 3.05) is 44.7 Å². The van der Waals surface area contributed by atoms with Crippen LogP contribution in [0.25, 0.3) is 5.57 Å². The van der Waals surface area contributed by atoms with Gasteiger partial charge in [-0.25, -0.2) is 13.4 Å². The molecule has 0 bridgehead atoms. The van der Waals surface area contributed by atoms with Gasteiger partial charge in [0.05, 0.1) is 18.1 Å². The first kappa shape index (κ1) is 26.9. The van der Waals surface area contributed by atoms with E-state index in [1.165, 1.54) is 9.88 Å². The molecule has 1 aromatic heterocycles. The Morgan fingerprint density at radius 3 is 2.53 bits per heavy atom. The van der Waals surface area contributed by atoms with Gasteiger partial charge in [-0.15, -0.1) is 0 Å². The zero-order chi connectivity index (χ0) is 26.8. The van der Waals surface area contributed by atoms with Crippen molar-refractivity contribution in [3.05, 3.63) is 47.7 Å². The minimum Gasteiger partial charge on any atom is -0.471 e. The Kier molecular flexibility index (Phi) is 7.89. The molecule has 38 heavy (non-hydrogen) atoms. The molecule has 2 fully saturated rings. The van der Waals surface area contributed by atoms with E-state index in [4.69, 9.17) is 9.47 Å². The van der Waals surface area contributed by atoms with E-state index in [9.17, 15) is 21.6 Å². The van der Waals surface area contributed by atoms with Gasteiger partial charge < -0.3 is 20.1 Å². The Morgan fingerprint density at radius 1 is 1.13 bits per heavy atom. The lowest BCUT2D eigenvalue weighted by atomic mass is 10.0. The number of rotatable bonds is 7. The van der Waals surface area contributed by atoms with Crippen LogP contribution in [0.2, 0.25) is 0 Å². The highest BCUT2D eigenvalue weighted by atomic mass is 32.2. The van der Waals surface area contributed by atoms with E-state index >= 15 is 0 Å². The van der Waals surface area contributed by atoms with Gasteiger partial charge in [0.15, 0.2) is 0 Å². The van der Waals surface area contributed by atoms with E-state index in [-0.39, 0.29) is 36.6 Å². The van der Waals surface area contributed by atoms with Crippen LogP contribution >= 0.6 is 0 Å². The van der Waals surface area contributed by atoms with E-state index in [0.29, 0.717) is 32.1 Å². The smallest absolute Gasteiger partial charge is 0.423 e. The predicted molar refractivity (Wildman–Crippen MR) is 134 cm³/mol. The average Bonchev–Trinajstić information content (AvgIpc) is 3.42. The van der Waals surface area contributed by atoms with Gasteiger partial charge in [0.2, 0.25) is 21.9 Å². The summed E-state index contributed by atoms with van der Waals surface area (Å²) in [5.41, 5.74) is 1.18. The number of anilines is 1. The summed E-state index contributed by atoms with van der Waals surface area (Å²) in [6.07, 6.45) is -0.0455. The molecule has 1 unspecified atom stereocenters. The molecule has 0 aliphatic carbocycles. The number of nitrogens with one attached hydrogen (secondary N) is 2. The first-order valence-electron chi connectivity index (χ1n) is 12.7. The number of hydrogen-bond donors (Lipinski definition) is 2. The fourth-order valence-corrected chi connectivity index (χ4v) is 6.25. The number of nitrogens with zero attached hydrogens (tertiary/aromatic N) is 3. The van der Waals surface area contributed by atoms with Crippen LogP contribution in [0.5, 0.6) is 5.88 Å². The lowest BCUT2D eigenvalue weighted by Crippen LogP contribution is -2.42. The number of hydrogen-bond acceptors (Lipinski definition) is 8. The topological polar surface area (TPSA) is 106 Å². The number of ether oxygens (including phenoxy) is 2. The van der Waals surface area contributed by atoms with Crippen molar-refractivity contribution >= 4 is 21.5 Å². The van der Waals surface area contributed by atoms with Gasteiger partial charge in [-0.3, -0.25) is 0 Å². The molecule has 1 atom stereocenters. The molecule has 13 heteroatoms. The SMILES string of the molecule is O=S(=O)(c1ccc(C2=CCNCC2)cc1)N1CCC(Nc2ncc(C(F)(F)F)c(OC3CCOC3)n2)CC1. The Morgan fingerprint density at radius 2 is 1.89 bits per heavy atom. The normalized spacial score (nSPS) is 21.8. The Balaban J connectivity index is 1.21. The van der Waals surface area contributed by atoms with Crippen molar-refractivity contribution in [2.24, 2.45) is 0 Å². The highest BCUT2D eigenvalue weighted by Crippen LogP contribution is 2.36. The quantitative estimate of drug-likeness (QED) is 0.538.